The van der Waals surface area contributed by atoms with Crippen LogP contribution in [-0.4, -0.2) is 13.1 Å². The van der Waals surface area contributed by atoms with Gasteiger partial charge in [0.1, 0.15) is 0 Å². The van der Waals surface area contributed by atoms with Gasteiger partial charge in [-0.25, -0.2) is 0 Å². The summed E-state index contributed by atoms with van der Waals surface area (Å²) in [6.07, 6.45) is 0. The average Bonchev–Trinajstić information content (AvgIpc) is 1.99. The van der Waals surface area contributed by atoms with Crippen LogP contribution in [0, 0.1) is 13.8 Å². The second kappa shape index (κ2) is 3.23. The van der Waals surface area contributed by atoms with Crippen molar-refractivity contribution in [1.82, 2.24) is 5.32 Å². The lowest BCUT2D eigenvalue weighted by Crippen LogP contribution is -2.63. The zero-order chi connectivity index (χ0) is 10.3. The summed E-state index contributed by atoms with van der Waals surface area (Å²) in [5.41, 5.74) is 9.73. The van der Waals surface area contributed by atoms with Crippen LogP contribution in [0.3, 0.4) is 0 Å². The van der Waals surface area contributed by atoms with E-state index in [4.69, 9.17) is 17.3 Å². The van der Waals surface area contributed by atoms with Gasteiger partial charge in [0.05, 0.1) is 5.54 Å². The van der Waals surface area contributed by atoms with Crippen molar-refractivity contribution in [2.24, 2.45) is 5.73 Å². The lowest BCUT2D eigenvalue weighted by Gasteiger charge is -2.41. The third-order valence-corrected chi connectivity index (χ3v) is 3.09. The predicted octanol–water partition coefficient (Wildman–Crippen LogP) is 1.71. The fourth-order valence-electron chi connectivity index (χ4n) is 2.27. The van der Waals surface area contributed by atoms with Crippen LogP contribution < -0.4 is 11.1 Å². The molecule has 1 heterocycles. The molecule has 0 spiro atoms. The largest absolute Gasteiger partial charge is 0.319 e. The SMILES string of the molecule is Cc1cc(Cl)cc(C)c1C1(N)CNC1. The minimum absolute atomic E-state index is 0.182. The molecule has 0 radical (unpaired) electrons. The summed E-state index contributed by atoms with van der Waals surface area (Å²) < 4.78 is 0. The second-order valence-corrected chi connectivity index (χ2v) is 4.61. The molecule has 2 nitrogen and oxygen atoms in total. The Kier molecular flexibility index (Phi) is 2.30. The smallest absolute Gasteiger partial charge is 0.0667 e. The number of nitrogens with one attached hydrogen (secondary N) is 1. The van der Waals surface area contributed by atoms with Gasteiger partial charge in [0.15, 0.2) is 0 Å². The van der Waals surface area contributed by atoms with Crippen molar-refractivity contribution in [1.29, 1.82) is 0 Å². The quantitative estimate of drug-likeness (QED) is 0.741. The van der Waals surface area contributed by atoms with E-state index in [1.165, 1.54) is 16.7 Å². The predicted molar refractivity (Wildman–Crippen MR) is 59.7 cm³/mol. The second-order valence-electron chi connectivity index (χ2n) is 4.17. The molecule has 0 amide bonds. The van der Waals surface area contributed by atoms with Crippen molar-refractivity contribution in [3.63, 3.8) is 0 Å². The summed E-state index contributed by atoms with van der Waals surface area (Å²) in [6, 6.07) is 3.97. The Balaban J connectivity index is 2.52. The van der Waals surface area contributed by atoms with Gasteiger partial charge in [0.2, 0.25) is 0 Å². The normalized spacial score (nSPS) is 19.1. The molecule has 0 aromatic heterocycles. The number of rotatable bonds is 1. The summed E-state index contributed by atoms with van der Waals surface area (Å²) in [5.74, 6) is 0. The summed E-state index contributed by atoms with van der Waals surface area (Å²) in [7, 11) is 0. The minimum Gasteiger partial charge on any atom is -0.319 e. The number of halogens is 1. The lowest BCUT2D eigenvalue weighted by atomic mass is 9.80. The maximum atomic E-state index is 6.27. The van der Waals surface area contributed by atoms with E-state index in [0.29, 0.717) is 0 Å². The van der Waals surface area contributed by atoms with Crippen molar-refractivity contribution in [3.05, 3.63) is 33.8 Å². The van der Waals surface area contributed by atoms with Gasteiger partial charge in [-0.1, -0.05) is 11.6 Å². The average molecular weight is 211 g/mol. The first-order valence-corrected chi connectivity index (χ1v) is 5.17. The fourth-order valence-corrected chi connectivity index (χ4v) is 2.59. The van der Waals surface area contributed by atoms with E-state index < -0.39 is 0 Å². The number of benzene rings is 1. The Morgan fingerprint density at radius 1 is 1.29 bits per heavy atom. The summed E-state index contributed by atoms with van der Waals surface area (Å²) in [4.78, 5) is 0. The van der Waals surface area contributed by atoms with Crippen LogP contribution in [0.25, 0.3) is 0 Å². The molecule has 0 atom stereocenters. The van der Waals surface area contributed by atoms with Crippen LogP contribution in [0.2, 0.25) is 5.02 Å². The van der Waals surface area contributed by atoms with E-state index in [9.17, 15) is 0 Å². The summed E-state index contributed by atoms with van der Waals surface area (Å²) in [5, 5.41) is 4.00. The van der Waals surface area contributed by atoms with E-state index in [-0.39, 0.29) is 5.54 Å². The number of hydrogen-bond acceptors (Lipinski definition) is 2. The molecule has 1 aliphatic rings. The molecule has 76 valence electrons. The summed E-state index contributed by atoms with van der Waals surface area (Å²) in [6.45, 7) is 5.86. The van der Waals surface area contributed by atoms with Crippen molar-refractivity contribution >= 4 is 11.6 Å². The molecule has 0 bridgehead atoms. The van der Waals surface area contributed by atoms with Gasteiger partial charge in [-0.15, -0.1) is 0 Å². The van der Waals surface area contributed by atoms with Gasteiger partial charge in [-0.2, -0.15) is 0 Å². The highest BCUT2D eigenvalue weighted by molar-refractivity contribution is 6.30. The van der Waals surface area contributed by atoms with Gasteiger partial charge in [-0.3, -0.25) is 0 Å². The zero-order valence-corrected chi connectivity index (χ0v) is 9.28. The zero-order valence-electron chi connectivity index (χ0n) is 8.52. The van der Waals surface area contributed by atoms with Crippen LogP contribution in [-0.2, 0) is 5.54 Å². The highest BCUT2D eigenvalue weighted by atomic mass is 35.5. The Hall–Kier alpha value is -0.570. The van der Waals surface area contributed by atoms with Crippen molar-refractivity contribution < 1.29 is 0 Å². The summed E-state index contributed by atoms with van der Waals surface area (Å²) >= 11 is 5.98. The lowest BCUT2D eigenvalue weighted by molar-refractivity contribution is 0.284. The van der Waals surface area contributed by atoms with E-state index in [1.807, 2.05) is 12.1 Å². The molecule has 0 aliphatic carbocycles. The first-order valence-electron chi connectivity index (χ1n) is 4.80. The van der Waals surface area contributed by atoms with Crippen LogP contribution >= 0.6 is 11.6 Å². The van der Waals surface area contributed by atoms with E-state index in [0.717, 1.165) is 18.1 Å². The van der Waals surface area contributed by atoms with Crippen LogP contribution in [0.1, 0.15) is 16.7 Å². The van der Waals surface area contributed by atoms with E-state index in [1.54, 1.807) is 0 Å². The van der Waals surface area contributed by atoms with Crippen molar-refractivity contribution in [2.75, 3.05) is 13.1 Å². The first-order chi connectivity index (χ1) is 6.53. The molecule has 1 saturated heterocycles. The Bertz CT molecular complexity index is 347. The molecule has 3 heteroatoms. The maximum absolute atomic E-state index is 6.27. The van der Waals surface area contributed by atoms with Crippen LogP contribution in [0.4, 0.5) is 0 Å². The number of aryl methyl sites for hydroxylation is 2. The highest BCUT2D eigenvalue weighted by Crippen LogP contribution is 2.30. The molecular weight excluding hydrogens is 196 g/mol. The number of nitrogens with two attached hydrogens (primary N) is 1. The van der Waals surface area contributed by atoms with Crippen molar-refractivity contribution in [3.8, 4) is 0 Å². The Morgan fingerprint density at radius 2 is 1.79 bits per heavy atom. The highest BCUT2D eigenvalue weighted by Gasteiger charge is 2.36. The van der Waals surface area contributed by atoms with Gasteiger partial charge < -0.3 is 11.1 Å². The molecule has 1 fully saturated rings. The first kappa shape index (κ1) is 9.97. The van der Waals surface area contributed by atoms with Gasteiger partial charge in [0.25, 0.3) is 0 Å². The van der Waals surface area contributed by atoms with E-state index >= 15 is 0 Å². The molecular formula is C11H15ClN2. The molecule has 0 unspecified atom stereocenters. The molecule has 2 rings (SSSR count). The van der Waals surface area contributed by atoms with Crippen molar-refractivity contribution in [2.45, 2.75) is 19.4 Å². The fraction of sp³-hybridized carbons (Fsp3) is 0.455. The van der Waals surface area contributed by atoms with Gasteiger partial charge in [0, 0.05) is 18.1 Å². The van der Waals surface area contributed by atoms with Gasteiger partial charge in [-0.05, 0) is 42.7 Å². The third-order valence-electron chi connectivity index (χ3n) is 2.88. The molecule has 1 aromatic rings. The Labute approximate surface area is 89.4 Å². The maximum Gasteiger partial charge on any atom is 0.0667 e. The van der Waals surface area contributed by atoms with Crippen LogP contribution in [0.5, 0.6) is 0 Å². The molecule has 1 aromatic carbocycles. The van der Waals surface area contributed by atoms with Crippen LogP contribution in [0.15, 0.2) is 12.1 Å². The standard InChI is InChI=1S/C11H15ClN2/c1-7-3-9(12)4-8(2)10(7)11(13)5-14-6-11/h3-4,14H,5-6,13H2,1-2H3. The molecule has 14 heavy (non-hydrogen) atoms. The number of hydrogen-bond donors (Lipinski definition) is 2. The molecule has 3 N–H and O–H groups in total. The topological polar surface area (TPSA) is 38.0 Å². The minimum atomic E-state index is -0.182. The third kappa shape index (κ3) is 1.44. The molecule has 0 saturated carbocycles. The molecule has 1 aliphatic heterocycles. The monoisotopic (exact) mass is 210 g/mol. The van der Waals surface area contributed by atoms with Gasteiger partial charge >= 0.3 is 0 Å². The Morgan fingerprint density at radius 3 is 2.14 bits per heavy atom. The van der Waals surface area contributed by atoms with E-state index in [2.05, 4.69) is 19.2 Å².